The zero-order valence-electron chi connectivity index (χ0n) is 15.9. The fourth-order valence-electron chi connectivity index (χ4n) is 3.20. The first kappa shape index (κ1) is 19.2. The molecule has 2 aromatic carbocycles. The highest BCUT2D eigenvalue weighted by molar-refractivity contribution is 7.92. The van der Waals surface area contributed by atoms with Crippen LogP contribution in [0, 0.1) is 13.8 Å². The molecule has 0 bridgehead atoms. The van der Waals surface area contributed by atoms with E-state index in [1.54, 1.807) is 62.3 Å². The second-order valence-electron chi connectivity index (χ2n) is 6.83. The van der Waals surface area contributed by atoms with Crippen molar-refractivity contribution in [2.75, 3.05) is 16.7 Å². The van der Waals surface area contributed by atoms with Crippen molar-refractivity contribution in [3.63, 3.8) is 0 Å². The highest BCUT2D eigenvalue weighted by Crippen LogP contribution is 2.37. The minimum Gasteiger partial charge on any atom is -0.496 e. The number of hydrogen-bond acceptors (Lipinski definition) is 4. The zero-order chi connectivity index (χ0) is 19.8. The molecule has 1 fully saturated rings. The molecule has 0 saturated heterocycles. The molecule has 3 rings (SSSR count). The highest BCUT2D eigenvalue weighted by atomic mass is 32.2. The maximum Gasteiger partial charge on any atom is 0.262 e. The second kappa shape index (κ2) is 7.23. The van der Waals surface area contributed by atoms with E-state index in [2.05, 4.69) is 4.72 Å². The van der Waals surface area contributed by atoms with Crippen molar-refractivity contribution in [3.8, 4) is 5.75 Å². The first-order valence-corrected chi connectivity index (χ1v) is 10.3. The SMILES string of the molecule is COc1cc(C)c(S(=O)(=O)Nc2ccccc2N(C(C)=O)C2CC2)cc1C. The minimum atomic E-state index is -3.82. The maximum absolute atomic E-state index is 13.0. The number of aryl methyl sites for hydroxylation is 2. The van der Waals surface area contributed by atoms with E-state index in [9.17, 15) is 13.2 Å². The standard InChI is InChI=1S/C20H24N2O4S/c1-13-12-20(14(2)11-19(13)26-4)27(24,25)21-17-7-5-6-8-18(17)22(15(3)23)16-9-10-16/h5-8,11-12,16,21H,9-10H2,1-4H3. The molecule has 1 saturated carbocycles. The van der Waals surface area contributed by atoms with E-state index in [0.717, 1.165) is 18.4 Å². The van der Waals surface area contributed by atoms with Crippen LogP contribution in [0.3, 0.4) is 0 Å². The fraction of sp³-hybridized carbons (Fsp3) is 0.350. The molecule has 0 unspecified atom stereocenters. The topological polar surface area (TPSA) is 75.7 Å². The Morgan fingerprint density at radius 2 is 1.81 bits per heavy atom. The number of benzene rings is 2. The number of nitrogens with one attached hydrogen (secondary N) is 1. The van der Waals surface area contributed by atoms with Gasteiger partial charge in [-0.1, -0.05) is 12.1 Å². The van der Waals surface area contributed by atoms with Crippen molar-refractivity contribution in [2.24, 2.45) is 0 Å². The third-order valence-electron chi connectivity index (χ3n) is 4.64. The third-order valence-corrected chi connectivity index (χ3v) is 6.15. The second-order valence-corrected chi connectivity index (χ2v) is 8.48. The molecule has 27 heavy (non-hydrogen) atoms. The Morgan fingerprint density at radius 1 is 1.15 bits per heavy atom. The summed E-state index contributed by atoms with van der Waals surface area (Å²) in [5.41, 5.74) is 2.31. The van der Waals surface area contributed by atoms with Crippen molar-refractivity contribution >= 4 is 27.3 Å². The third kappa shape index (κ3) is 3.93. The number of amides is 1. The molecule has 1 N–H and O–H groups in total. The van der Waals surface area contributed by atoms with Gasteiger partial charge in [0.05, 0.1) is 23.4 Å². The number of hydrogen-bond donors (Lipinski definition) is 1. The van der Waals surface area contributed by atoms with Crippen LogP contribution in [0.4, 0.5) is 11.4 Å². The smallest absolute Gasteiger partial charge is 0.262 e. The van der Waals surface area contributed by atoms with Gasteiger partial charge >= 0.3 is 0 Å². The molecule has 0 heterocycles. The Kier molecular flexibility index (Phi) is 5.15. The predicted octanol–water partition coefficient (Wildman–Crippen LogP) is 3.63. The van der Waals surface area contributed by atoms with Gasteiger partial charge in [0.15, 0.2) is 0 Å². The summed E-state index contributed by atoms with van der Waals surface area (Å²) < 4.78 is 34.0. The number of carbonyl (C=O) groups is 1. The van der Waals surface area contributed by atoms with Gasteiger partial charge in [-0.15, -0.1) is 0 Å². The quantitative estimate of drug-likeness (QED) is 0.820. The Balaban J connectivity index is 2.00. The number of methoxy groups -OCH3 is 1. The van der Waals surface area contributed by atoms with Gasteiger partial charge in [0.2, 0.25) is 5.91 Å². The monoisotopic (exact) mass is 388 g/mol. The Hall–Kier alpha value is -2.54. The number of anilines is 2. The first-order chi connectivity index (χ1) is 12.7. The zero-order valence-corrected chi connectivity index (χ0v) is 16.8. The number of nitrogens with zero attached hydrogens (tertiary/aromatic N) is 1. The molecule has 0 aromatic heterocycles. The van der Waals surface area contributed by atoms with Gasteiger partial charge in [-0.05, 0) is 62.1 Å². The van der Waals surface area contributed by atoms with Crippen molar-refractivity contribution in [1.29, 1.82) is 0 Å². The van der Waals surface area contributed by atoms with E-state index in [0.29, 0.717) is 22.7 Å². The van der Waals surface area contributed by atoms with Crippen LogP contribution in [0.1, 0.15) is 30.9 Å². The summed E-state index contributed by atoms with van der Waals surface area (Å²) in [6, 6.07) is 10.4. The normalized spacial score (nSPS) is 13.9. The molecule has 1 aliphatic rings. The van der Waals surface area contributed by atoms with Gasteiger partial charge in [-0.2, -0.15) is 0 Å². The lowest BCUT2D eigenvalue weighted by molar-refractivity contribution is -0.116. The number of sulfonamides is 1. The first-order valence-electron chi connectivity index (χ1n) is 8.81. The summed E-state index contributed by atoms with van der Waals surface area (Å²) in [6.07, 6.45) is 1.86. The van der Waals surface area contributed by atoms with Gasteiger partial charge in [0.25, 0.3) is 10.0 Å². The molecule has 1 amide bonds. The average Bonchev–Trinajstić information content (AvgIpc) is 3.42. The molecule has 0 aliphatic heterocycles. The van der Waals surface area contributed by atoms with Crippen LogP contribution in [0.5, 0.6) is 5.75 Å². The van der Waals surface area contributed by atoms with Crippen molar-refractivity contribution in [2.45, 2.75) is 44.6 Å². The van der Waals surface area contributed by atoms with Gasteiger partial charge in [0.1, 0.15) is 5.75 Å². The van der Waals surface area contributed by atoms with E-state index in [1.807, 2.05) is 0 Å². The molecule has 2 aromatic rings. The average molecular weight is 388 g/mol. The summed E-state index contributed by atoms with van der Waals surface area (Å²) in [6.45, 7) is 5.03. The molecular weight excluding hydrogens is 364 g/mol. The molecule has 1 aliphatic carbocycles. The summed E-state index contributed by atoms with van der Waals surface area (Å²) in [4.78, 5) is 14.0. The molecular formula is C20H24N2O4S. The van der Waals surface area contributed by atoms with E-state index < -0.39 is 10.0 Å². The van der Waals surface area contributed by atoms with Crippen LogP contribution < -0.4 is 14.4 Å². The Morgan fingerprint density at radius 3 is 2.41 bits per heavy atom. The van der Waals surface area contributed by atoms with Gasteiger partial charge < -0.3 is 9.64 Å². The summed E-state index contributed by atoms with van der Waals surface area (Å²) in [5, 5.41) is 0. The van der Waals surface area contributed by atoms with Gasteiger partial charge in [0, 0.05) is 13.0 Å². The number of carbonyl (C=O) groups excluding carboxylic acids is 1. The summed E-state index contributed by atoms with van der Waals surface area (Å²) in [7, 11) is -2.27. The van der Waals surface area contributed by atoms with Gasteiger partial charge in [-0.3, -0.25) is 9.52 Å². The van der Waals surface area contributed by atoms with E-state index in [4.69, 9.17) is 4.74 Å². The van der Waals surface area contributed by atoms with Gasteiger partial charge in [-0.25, -0.2) is 8.42 Å². The molecule has 7 heteroatoms. The molecule has 144 valence electrons. The van der Waals surface area contributed by atoms with Crippen molar-refractivity contribution < 1.29 is 17.9 Å². The lowest BCUT2D eigenvalue weighted by atomic mass is 10.1. The highest BCUT2D eigenvalue weighted by Gasteiger charge is 2.33. The molecule has 0 atom stereocenters. The van der Waals surface area contributed by atoms with Crippen LogP contribution in [0.2, 0.25) is 0 Å². The van der Waals surface area contributed by atoms with E-state index in [1.165, 1.54) is 6.92 Å². The molecule has 0 radical (unpaired) electrons. The van der Waals surface area contributed by atoms with Crippen LogP contribution in [0.15, 0.2) is 41.3 Å². The predicted molar refractivity (Wildman–Crippen MR) is 106 cm³/mol. The Bertz CT molecular complexity index is 981. The lowest BCUT2D eigenvalue weighted by Crippen LogP contribution is -2.31. The van der Waals surface area contributed by atoms with E-state index >= 15 is 0 Å². The molecule has 6 nitrogen and oxygen atoms in total. The number of para-hydroxylation sites is 2. The lowest BCUT2D eigenvalue weighted by Gasteiger charge is -2.24. The summed E-state index contributed by atoms with van der Waals surface area (Å²) >= 11 is 0. The maximum atomic E-state index is 13.0. The largest absolute Gasteiger partial charge is 0.496 e. The van der Waals surface area contributed by atoms with Crippen LogP contribution in [0.25, 0.3) is 0 Å². The number of rotatable bonds is 6. The van der Waals surface area contributed by atoms with Crippen LogP contribution in [-0.2, 0) is 14.8 Å². The van der Waals surface area contributed by atoms with Crippen molar-refractivity contribution in [1.82, 2.24) is 0 Å². The van der Waals surface area contributed by atoms with Crippen molar-refractivity contribution in [3.05, 3.63) is 47.5 Å². The van der Waals surface area contributed by atoms with Crippen LogP contribution >= 0.6 is 0 Å². The summed E-state index contributed by atoms with van der Waals surface area (Å²) in [5.74, 6) is 0.545. The fourth-order valence-corrected chi connectivity index (χ4v) is 4.59. The minimum absolute atomic E-state index is 0.0966. The van der Waals surface area contributed by atoms with E-state index in [-0.39, 0.29) is 16.8 Å². The Labute approximate surface area is 160 Å². The van der Waals surface area contributed by atoms with Crippen LogP contribution in [-0.4, -0.2) is 27.5 Å². The molecule has 0 spiro atoms. The number of ether oxygens (including phenoxy) is 1.